The zero-order valence-corrected chi connectivity index (χ0v) is 14.7. The number of rotatable bonds is 6. The van der Waals surface area contributed by atoms with Gasteiger partial charge in [0, 0.05) is 0 Å². The molecule has 0 aliphatic carbocycles. The minimum absolute atomic E-state index is 0.111. The van der Waals surface area contributed by atoms with Gasteiger partial charge in [-0.2, -0.15) is 0 Å². The fraction of sp³-hybridized carbons (Fsp3) is 0.278. The van der Waals surface area contributed by atoms with Crippen LogP contribution in [-0.4, -0.2) is 25.7 Å². The summed E-state index contributed by atoms with van der Waals surface area (Å²) in [5.74, 6) is 0.161. The molecule has 6 heteroatoms. The highest BCUT2D eigenvalue weighted by Gasteiger charge is 2.24. The summed E-state index contributed by atoms with van der Waals surface area (Å²) in [4.78, 5) is 12.4. The highest BCUT2D eigenvalue weighted by Crippen LogP contribution is 2.25. The molecule has 2 rings (SSSR count). The summed E-state index contributed by atoms with van der Waals surface area (Å²) in [5.41, 5.74) is 0.264. The normalized spacial score (nSPS) is 12.7. The van der Waals surface area contributed by atoms with Crippen LogP contribution in [0.2, 0.25) is 0 Å². The first-order chi connectivity index (χ1) is 11.3. The van der Waals surface area contributed by atoms with Gasteiger partial charge in [-0.3, -0.25) is 4.79 Å². The van der Waals surface area contributed by atoms with Crippen LogP contribution in [-0.2, 0) is 14.6 Å². The summed E-state index contributed by atoms with van der Waals surface area (Å²) >= 11 is 0. The first-order valence-electron chi connectivity index (χ1n) is 7.68. The average molecular weight is 347 g/mol. The van der Waals surface area contributed by atoms with Gasteiger partial charge in [0.1, 0.15) is 5.75 Å². The van der Waals surface area contributed by atoms with Crippen LogP contribution in [0.1, 0.15) is 20.8 Å². The zero-order chi connectivity index (χ0) is 17.7. The van der Waals surface area contributed by atoms with E-state index in [4.69, 9.17) is 4.74 Å². The fourth-order valence-electron chi connectivity index (χ4n) is 2.06. The first-order valence-corrected chi connectivity index (χ1v) is 9.22. The molecule has 0 spiro atoms. The lowest BCUT2D eigenvalue weighted by molar-refractivity contribution is -0.122. The maximum Gasteiger partial charge on any atom is 0.265 e. The van der Waals surface area contributed by atoms with E-state index in [0.717, 1.165) is 0 Å². The minimum Gasteiger partial charge on any atom is -0.481 e. The lowest BCUT2D eigenvalue weighted by Crippen LogP contribution is -2.31. The Labute approximate surface area is 142 Å². The van der Waals surface area contributed by atoms with E-state index in [1.165, 1.54) is 6.07 Å². The predicted octanol–water partition coefficient (Wildman–Crippen LogP) is 3.27. The number of benzene rings is 2. The van der Waals surface area contributed by atoms with Crippen molar-refractivity contribution >= 4 is 21.4 Å². The number of amides is 1. The molecular formula is C18H21NO4S. The van der Waals surface area contributed by atoms with Crippen molar-refractivity contribution in [3.05, 3.63) is 54.6 Å². The van der Waals surface area contributed by atoms with Crippen LogP contribution < -0.4 is 10.1 Å². The Hall–Kier alpha value is -2.34. The number of sulfone groups is 1. The highest BCUT2D eigenvalue weighted by atomic mass is 32.2. The van der Waals surface area contributed by atoms with Gasteiger partial charge in [0.05, 0.1) is 15.8 Å². The first kappa shape index (κ1) is 18.0. The van der Waals surface area contributed by atoms with Crippen molar-refractivity contribution in [3.8, 4) is 5.75 Å². The molecule has 24 heavy (non-hydrogen) atoms. The van der Waals surface area contributed by atoms with E-state index in [0.29, 0.717) is 5.75 Å². The van der Waals surface area contributed by atoms with Gasteiger partial charge in [-0.05, 0) is 45.0 Å². The van der Waals surface area contributed by atoms with Gasteiger partial charge in [-0.15, -0.1) is 0 Å². The van der Waals surface area contributed by atoms with Crippen LogP contribution in [0, 0.1) is 0 Å². The molecular weight excluding hydrogens is 326 g/mol. The van der Waals surface area contributed by atoms with Gasteiger partial charge in [0.2, 0.25) is 0 Å². The Balaban J connectivity index is 2.18. The van der Waals surface area contributed by atoms with Crippen molar-refractivity contribution in [1.29, 1.82) is 0 Å². The molecule has 128 valence electrons. The zero-order valence-electron chi connectivity index (χ0n) is 13.9. The molecule has 0 aliphatic rings. The second-order valence-electron chi connectivity index (χ2n) is 5.65. The van der Waals surface area contributed by atoms with Crippen LogP contribution in [0.15, 0.2) is 59.5 Å². The minimum atomic E-state index is -3.49. The summed E-state index contributed by atoms with van der Waals surface area (Å²) < 4.78 is 30.4. The highest BCUT2D eigenvalue weighted by molar-refractivity contribution is 7.92. The van der Waals surface area contributed by atoms with E-state index in [1.807, 2.05) is 18.2 Å². The summed E-state index contributed by atoms with van der Waals surface area (Å²) in [6.07, 6.45) is -0.762. The van der Waals surface area contributed by atoms with Gasteiger partial charge >= 0.3 is 0 Å². The van der Waals surface area contributed by atoms with Gasteiger partial charge in [-0.25, -0.2) is 8.42 Å². The molecule has 0 radical (unpaired) electrons. The molecule has 2 aromatic carbocycles. The van der Waals surface area contributed by atoms with Crippen molar-refractivity contribution in [2.24, 2.45) is 0 Å². The van der Waals surface area contributed by atoms with E-state index in [9.17, 15) is 13.2 Å². The molecule has 0 aromatic heterocycles. The Morgan fingerprint density at radius 2 is 1.54 bits per heavy atom. The number of anilines is 1. The standard InChI is InChI=1S/C18H21NO4S/c1-13(2)24(21,22)17-12-8-7-11-16(17)19-18(20)14(3)23-15-9-5-4-6-10-15/h4-14H,1-3H3,(H,19,20)/t14-/m1/s1. The summed E-state index contributed by atoms with van der Waals surface area (Å²) in [7, 11) is -3.49. The largest absolute Gasteiger partial charge is 0.481 e. The maximum atomic E-state index is 12.4. The second kappa shape index (κ2) is 7.49. The SMILES string of the molecule is CC(C)S(=O)(=O)c1ccccc1NC(=O)[C@@H](C)Oc1ccccc1. The van der Waals surface area contributed by atoms with E-state index < -0.39 is 27.1 Å². The number of nitrogens with one attached hydrogen (secondary N) is 1. The Morgan fingerprint density at radius 1 is 0.958 bits per heavy atom. The third-order valence-corrected chi connectivity index (χ3v) is 5.71. The topological polar surface area (TPSA) is 72.5 Å². The number of carbonyl (C=O) groups excluding carboxylic acids is 1. The van der Waals surface area contributed by atoms with Crippen LogP contribution in [0.5, 0.6) is 5.75 Å². The molecule has 0 saturated heterocycles. The molecule has 0 bridgehead atoms. The maximum absolute atomic E-state index is 12.4. The number of para-hydroxylation sites is 2. The molecule has 0 heterocycles. The summed E-state index contributed by atoms with van der Waals surface area (Å²) in [6, 6.07) is 15.4. The molecule has 1 amide bonds. The van der Waals surface area contributed by atoms with Crippen molar-refractivity contribution in [2.45, 2.75) is 37.0 Å². The van der Waals surface area contributed by atoms with E-state index in [1.54, 1.807) is 51.1 Å². The molecule has 1 atom stereocenters. The number of hydrogen-bond donors (Lipinski definition) is 1. The van der Waals surface area contributed by atoms with Crippen molar-refractivity contribution in [3.63, 3.8) is 0 Å². The Kier molecular flexibility index (Phi) is 5.62. The van der Waals surface area contributed by atoms with Crippen LogP contribution in [0.4, 0.5) is 5.69 Å². The average Bonchev–Trinajstić information content (AvgIpc) is 2.56. The fourth-order valence-corrected chi connectivity index (χ4v) is 3.26. The molecule has 0 saturated carbocycles. The van der Waals surface area contributed by atoms with Gasteiger partial charge in [0.25, 0.3) is 5.91 Å². The lowest BCUT2D eigenvalue weighted by Gasteiger charge is -2.17. The second-order valence-corrected chi connectivity index (χ2v) is 8.12. The number of hydrogen-bond acceptors (Lipinski definition) is 4. The summed E-state index contributed by atoms with van der Waals surface area (Å²) in [5, 5.41) is 2.07. The van der Waals surface area contributed by atoms with Gasteiger partial charge in [0.15, 0.2) is 15.9 Å². The quantitative estimate of drug-likeness (QED) is 0.870. The predicted molar refractivity (Wildman–Crippen MR) is 93.9 cm³/mol. The van der Waals surface area contributed by atoms with Crippen molar-refractivity contribution in [1.82, 2.24) is 0 Å². The monoisotopic (exact) mass is 347 g/mol. The van der Waals surface area contributed by atoms with Gasteiger partial charge in [-0.1, -0.05) is 30.3 Å². The molecule has 1 N–H and O–H groups in total. The Bertz CT molecular complexity index is 801. The third-order valence-electron chi connectivity index (χ3n) is 3.50. The molecule has 0 unspecified atom stereocenters. The van der Waals surface area contributed by atoms with Crippen LogP contribution in [0.25, 0.3) is 0 Å². The molecule has 2 aromatic rings. The van der Waals surface area contributed by atoms with Crippen molar-refractivity contribution in [2.75, 3.05) is 5.32 Å². The summed E-state index contributed by atoms with van der Waals surface area (Å²) in [6.45, 7) is 4.83. The van der Waals surface area contributed by atoms with Crippen LogP contribution >= 0.6 is 0 Å². The molecule has 0 aliphatic heterocycles. The van der Waals surface area contributed by atoms with Gasteiger partial charge < -0.3 is 10.1 Å². The van der Waals surface area contributed by atoms with Crippen molar-refractivity contribution < 1.29 is 17.9 Å². The molecule has 0 fully saturated rings. The Morgan fingerprint density at radius 3 is 2.17 bits per heavy atom. The van der Waals surface area contributed by atoms with E-state index in [-0.39, 0.29) is 10.6 Å². The molecule has 5 nitrogen and oxygen atoms in total. The van der Waals surface area contributed by atoms with E-state index >= 15 is 0 Å². The third kappa shape index (κ3) is 4.14. The number of ether oxygens (including phenoxy) is 1. The van der Waals surface area contributed by atoms with E-state index in [2.05, 4.69) is 5.32 Å². The lowest BCUT2D eigenvalue weighted by atomic mass is 10.3. The number of carbonyl (C=O) groups is 1. The smallest absolute Gasteiger partial charge is 0.265 e. The van der Waals surface area contributed by atoms with Crippen LogP contribution in [0.3, 0.4) is 0 Å².